The lowest BCUT2D eigenvalue weighted by atomic mass is 10.1. The molecular weight excluding hydrogens is 944 g/mol. The van der Waals surface area contributed by atoms with E-state index in [2.05, 4.69) is 62.5 Å². The number of esters is 2. The average molecular weight is 1060 g/mol. The molecule has 1 unspecified atom stereocenters. The minimum absolute atomic E-state index is 0.101. The summed E-state index contributed by atoms with van der Waals surface area (Å²) in [5, 5.41) is 38.3. The van der Waals surface area contributed by atoms with E-state index in [0.29, 0.717) is 12.8 Å². The number of rotatable bonds is 56. The molecule has 5 N–H and O–H groups in total. The molecule has 0 aliphatic rings. The van der Waals surface area contributed by atoms with Gasteiger partial charge in [-0.3, -0.25) is 18.6 Å². The molecule has 73 heavy (non-hydrogen) atoms. The van der Waals surface area contributed by atoms with Crippen molar-refractivity contribution in [2.45, 2.75) is 295 Å². The van der Waals surface area contributed by atoms with E-state index in [4.69, 9.17) is 23.6 Å². The van der Waals surface area contributed by atoms with Crippen molar-refractivity contribution < 1.29 is 58.0 Å². The number of aliphatic hydroxyl groups is 4. The molecule has 0 amide bonds. The number of phosphoric acid groups is 1. The molecular formula is C60H111O12P. The molecule has 5 atom stereocenters. The van der Waals surface area contributed by atoms with Gasteiger partial charge in [0.05, 0.1) is 19.8 Å². The Morgan fingerprint density at radius 2 is 0.712 bits per heavy atom. The predicted molar refractivity (Wildman–Crippen MR) is 300 cm³/mol. The lowest BCUT2D eigenvalue weighted by Gasteiger charge is -2.23. The zero-order valence-electron chi connectivity index (χ0n) is 46.6. The monoisotopic (exact) mass is 1050 g/mol. The summed E-state index contributed by atoms with van der Waals surface area (Å²) in [6.45, 7) is 1.73. The van der Waals surface area contributed by atoms with Gasteiger partial charge < -0.3 is 34.8 Å². The first-order chi connectivity index (χ1) is 35.6. The normalized spacial score (nSPS) is 14.7. The Labute approximate surface area is 446 Å². The van der Waals surface area contributed by atoms with Crippen molar-refractivity contribution in [3.8, 4) is 0 Å². The average Bonchev–Trinajstić information content (AvgIpc) is 3.38. The molecule has 0 saturated carbocycles. The lowest BCUT2D eigenvalue weighted by molar-refractivity contribution is -0.161. The number of phosphoric ester groups is 1. The van der Waals surface area contributed by atoms with Gasteiger partial charge in [0, 0.05) is 12.8 Å². The van der Waals surface area contributed by atoms with E-state index < -0.39 is 70.6 Å². The fraction of sp³-hybridized carbons (Fsp3) is 0.833. The number of unbranched alkanes of at least 4 members (excludes halogenated alkanes) is 32. The van der Waals surface area contributed by atoms with E-state index in [0.717, 1.165) is 38.5 Å². The van der Waals surface area contributed by atoms with Crippen molar-refractivity contribution in [1.82, 2.24) is 0 Å². The summed E-state index contributed by atoms with van der Waals surface area (Å²) in [5.41, 5.74) is 0. The third-order valence-corrected chi connectivity index (χ3v) is 14.1. The molecule has 12 nitrogen and oxygen atoms in total. The maximum Gasteiger partial charge on any atom is 0.472 e. The molecule has 428 valence electrons. The first-order valence-electron chi connectivity index (χ1n) is 29.8. The zero-order chi connectivity index (χ0) is 53.6. The van der Waals surface area contributed by atoms with Crippen molar-refractivity contribution in [2.24, 2.45) is 0 Å². The van der Waals surface area contributed by atoms with Crippen molar-refractivity contribution in [3.05, 3.63) is 48.6 Å². The van der Waals surface area contributed by atoms with Gasteiger partial charge in [0.25, 0.3) is 0 Å². The fourth-order valence-electron chi connectivity index (χ4n) is 8.37. The van der Waals surface area contributed by atoms with Crippen LogP contribution in [0.4, 0.5) is 0 Å². The van der Waals surface area contributed by atoms with Gasteiger partial charge in [0.1, 0.15) is 24.9 Å². The first kappa shape index (κ1) is 70.8. The van der Waals surface area contributed by atoms with Gasteiger partial charge in [-0.25, -0.2) is 4.57 Å². The molecule has 0 aromatic rings. The van der Waals surface area contributed by atoms with Gasteiger partial charge in [-0.05, 0) is 116 Å². The molecule has 0 bridgehead atoms. The van der Waals surface area contributed by atoms with Gasteiger partial charge in [0.15, 0.2) is 6.10 Å². The Hall–Kier alpha value is -2.15. The van der Waals surface area contributed by atoms with E-state index in [-0.39, 0.29) is 12.8 Å². The molecule has 13 heteroatoms. The van der Waals surface area contributed by atoms with E-state index in [1.54, 1.807) is 0 Å². The van der Waals surface area contributed by atoms with E-state index in [9.17, 15) is 34.4 Å². The fourth-order valence-corrected chi connectivity index (χ4v) is 9.14. The molecule has 0 heterocycles. The van der Waals surface area contributed by atoms with E-state index in [1.165, 1.54) is 193 Å². The number of aliphatic hydroxyl groups excluding tert-OH is 4. The second kappa shape index (κ2) is 54.6. The summed E-state index contributed by atoms with van der Waals surface area (Å²) in [7, 11) is -4.85. The third-order valence-electron chi connectivity index (χ3n) is 13.1. The van der Waals surface area contributed by atoms with Crippen LogP contribution in [0.1, 0.15) is 271 Å². The Bertz CT molecular complexity index is 1390. The van der Waals surface area contributed by atoms with Crippen LogP contribution in [0.15, 0.2) is 48.6 Å². The molecule has 0 aromatic carbocycles. The largest absolute Gasteiger partial charge is 0.472 e. The summed E-state index contributed by atoms with van der Waals surface area (Å²) in [5.74, 6) is -1.06. The minimum atomic E-state index is -4.85. The number of hydrogen-bond acceptors (Lipinski definition) is 11. The quantitative estimate of drug-likeness (QED) is 0.0168. The predicted octanol–water partition coefficient (Wildman–Crippen LogP) is 15.5. The number of carbonyl (C=O) groups is 2. The summed E-state index contributed by atoms with van der Waals surface area (Å²) in [6.07, 6.45) is 57.6. The standard InChI is InChI=1S/C60H111O12P/c1-3-5-7-9-11-13-15-17-19-21-23-25-27-29-31-33-35-37-39-41-43-45-47-49-58(64)69-52-55(53-70-73(67,68)71-54-57(63)60(66)56(62)51-61)72-59(65)50-48-46-44-42-40-38-36-34-32-30-28-26-24-22-20-18-16-14-12-10-8-6-4-2/h15-18,39-42,55-57,60-63,66H,3-14,19-38,43-54H2,1-2H3,(H,67,68)/b17-15?,18-16-,41-39?,42-40-/t55-,56-,57-,60+/m1/s1. The van der Waals surface area contributed by atoms with Crippen LogP contribution in [0.2, 0.25) is 0 Å². The number of ether oxygens (including phenoxy) is 2. The van der Waals surface area contributed by atoms with Crippen LogP contribution in [-0.2, 0) is 32.7 Å². The summed E-state index contributed by atoms with van der Waals surface area (Å²) in [6, 6.07) is 0. The Balaban J connectivity index is 4.37. The number of hydrogen-bond donors (Lipinski definition) is 5. The van der Waals surface area contributed by atoms with Gasteiger partial charge in [-0.1, -0.05) is 191 Å². The first-order valence-corrected chi connectivity index (χ1v) is 31.3. The molecule has 0 aliphatic heterocycles. The topological polar surface area (TPSA) is 189 Å². The van der Waals surface area contributed by atoms with Crippen LogP contribution in [0.3, 0.4) is 0 Å². The second-order valence-corrected chi connectivity index (χ2v) is 21.7. The van der Waals surface area contributed by atoms with E-state index in [1.807, 2.05) is 0 Å². The Kier molecular flexibility index (Phi) is 53.0. The SMILES string of the molecule is CCCCCCCC=CCCCCCCCCCCC=CCCCCC(=O)OC[C@H](COP(=O)(O)OC[C@@H](O)[C@@H](O)[C@H](O)CO)OC(=O)CCCC/C=C\CCCCCCCCCC/C=C\CCCCCCC. The lowest BCUT2D eigenvalue weighted by Crippen LogP contribution is -2.41. The van der Waals surface area contributed by atoms with Gasteiger partial charge in [-0.15, -0.1) is 0 Å². The molecule has 0 radical (unpaired) electrons. The van der Waals surface area contributed by atoms with Crippen molar-refractivity contribution in [1.29, 1.82) is 0 Å². The summed E-state index contributed by atoms with van der Waals surface area (Å²) >= 11 is 0. The number of allylic oxidation sites excluding steroid dienone is 8. The molecule has 0 aromatic heterocycles. The van der Waals surface area contributed by atoms with Gasteiger partial charge in [-0.2, -0.15) is 0 Å². The molecule has 0 aliphatic carbocycles. The van der Waals surface area contributed by atoms with E-state index >= 15 is 0 Å². The summed E-state index contributed by atoms with van der Waals surface area (Å²) < 4.78 is 33.2. The second-order valence-electron chi connectivity index (χ2n) is 20.3. The van der Waals surface area contributed by atoms with Crippen LogP contribution >= 0.6 is 7.82 Å². The summed E-state index contributed by atoms with van der Waals surface area (Å²) in [4.78, 5) is 35.6. The van der Waals surface area contributed by atoms with Crippen molar-refractivity contribution >= 4 is 19.8 Å². The highest BCUT2D eigenvalue weighted by molar-refractivity contribution is 7.47. The van der Waals surface area contributed by atoms with Gasteiger partial charge in [0.2, 0.25) is 0 Å². The van der Waals surface area contributed by atoms with Gasteiger partial charge >= 0.3 is 19.8 Å². The van der Waals surface area contributed by atoms with Crippen molar-refractivity contribution in [2.75, 3.05) is 26.4 Å². The number of carbonyl (C=O) groups excluding carboxylic acids is 2. The minimum Gasteiger partial charge on any atom is -0.462 e. The maximum atomic E-state index is 12.8. The third kappa shape index (κ3) is 51.7. The molecule has 0 spiro atoms. The highest BCUT2D eigenvalue weighted by Gasteiger charge is 2.30. The Morgan fingerprint density at radius 3 is 1.05 bits per heavy atom. The van der Waals surface area contributed by atoms with Crippen LogP contribution in [-0.4, -0.2) is 88.1 Å². The molecule has 0 fully saturated rings. The van der Waals surface area contributed by atoms with Crippen LogP contribution < -0.4 is 0 Å². The molecule has 0 saturated heterocycles. The highest BCUT2D eigenvalue weighted by atomic mass is 31.2. The smallest absolute Gasteiger partial charge is 0.462 e. The van der Waals surface area contributed by atoms with Crippen LogP contribution in [0.5, 0.6) is 0 Å². The zero-order valence-corrected chi connectivity index (χ0v) is 47.5. The maximum absolute atomic E-state index is 12.8. The van der Waals surface area contributed by atoms with Crippen molar-refractivity contribution in [3.63, 3.8) is 0 Å². The van der Waals surface area contributed by atoms with Crippen LogP contribution in [0.25, 0.3) is 0 Å². The highest BCUT2D eigenvalue weighted by Crippen LogP contribution is 2.43. The van der Waals surface area contributed by atoms with Crippen LogP contribution in [0, 0.1) is 0 Å². The molecule has 0 rings (SSSR count). The Morgan fingerprint density at radius 1 is 0.411 bits per heavy atom.